The van der Waals surface area contributed by atoms with Crippen LogP contribution in [0.4, 0.5) is 0 Å². The first-order valence-corrected chi connectivity index (χ1v) is 18.6. The zero-order chi connectivity index (χ0) is 37.0. The van der Waals surface area contributed by atoms with Gasteiger partial charge in [-0.3, -0.25) is 0 Å². The number of nitrogens with zero attached hydrogens (tertiary/aromatic N) is 4. The molecule has 11 rings (SSSR count). The molecule has 0 amide bonds. The van der Waals surface area contributed by atoms with Crippen molar-refractivity contribution in [1.29, 1.82) is 0 Å². The first-order chi connectivity index (χ1) is 27.8. The average molecular weight is 719 g/mol. The summed E-state index contributed by atoms with van der Waals surface area (Å²) < 4.78 is 12.8. The van der Waals surface area contributed by atoms with Crippen molar-refractivity contribution in [3.05, 3.63) is 182 Å². The summed E-state index contributed by atoms with van der Waals surface area (Å²) in [5.74, 6) is 1.17. The van der Waals surface area contributed by atoms with Gasteiger partial charge in [0, 0.05) is 33.0 Å². The van der Waals surface area contributed by atoms with Gasteiger partial charge in [-0.15, -0.1) is 0 Å². The SMILES string of the molecule is c1ccc(-c2nc(-c3ccccc3-c3ccccc3-c3ccccc3-c3nc(-c4ccccc4)c4c(n3)oc3ccccc34)nc3oc4ccccc4c23)cc1. The van der Waals surface area contributed by atoms with Crippen molar-refractivity contribution in [3.63, 3.8) is 0 Å². The van der Waals surface area contributed by atoms with Crippen LogP contribution in [0.5, 0.6) is 0 Å². The number of furan rings is 2. The van der Waals surface area contributed by atoms with Crippen LogP contribution in [0.25, 0.3) is 112 Å². The fourth-order valence-electron chi connectivity index (χ4n) is 7.88. The Labute approximate surface area is 321 Å². The molecule has 0 saturated carbocycles. The Morgan fingerprint density at radius 3 is 1.02 bits per heavy atom. The maximum Gasteiger partial charge on any atom is 0.231 e. The number of hydrogen-bond donors (Lipinski definition) is 0. The van der Waals surface area contributed by atoms with Crippen molar-refractivity contribution >= 4 is 44.1 Å². The Kier molecular flexibility index (Phi) is 7.38. The van der Waals surface area contributed by atoms with E-state index in [9.17, 15) is 0 Å². The van der Waals surface area contributed by atoms with Crippen LogP contribution in [0.1, 0.15) is 0 Å². The molecule has 0 fully saturated rings. The van der Waals surface area contributed by atoms with Gasteiger partial charge >= 0.3 is 0 Å². The molecule has 0 spiro atoms. The molecule has 0 bridgehead atoms. The van der Waals surface area contributed by atoms with Gasteiger partial charge in [0.1, 0.15) is 11.2 Å². The highest BCUT2D eigenvalue weighted by atomic mass is 16.3. The molecule has 0 radical (unpaired) electrons. The number of benzene rings is 7. The zero-order valence-electron chi connectivity index (χ0n) is 29.9. The fourth-order valence-corrected chi connectivity index (χ4v) is 7.88. The predicted octanol–water partition coefficient (Wildman–Crippen LogP) is 13.1. The van der Waals surface area contributed by atoms with E-state index in [-0.39, 0.29) is 0 Å². The summed E-state index contributed by atoms with van der Waals surface area (Å²) in [6.45, 7) is 0. The van der Waals surface area contributed by atoms with Gasteiger partial charge in [0.05, 0.1) is 22.2 Å². The van der Waals surface area contributed by atoms with Crippen LogP contribution >= 0.6 is 0 Å². The highest BCUT2D eigenvalue weighted by molar-refractivity contribution is 6.12. The Hall–Kier alpha value is -7.70. The van der Waals surface area contributed by atoms with Crippen LogP contribution in [0.3, 0.4) is 0 Å². The minimum atomic E-state index is 0.552. The molecule has 0 atom stereocenters. The molecule has 0 aliphatic heterocycles. The van der Waals surface area contributed by atoms with E-state index in [1.54, 1.807) is 0 Å². The third-order valence-electron chi connectivity index (χ3n) is 10.4. The first-order valence-electron chi connectivity index (χ1n) is 18.6. The molecule has 262 valence electrons. The average Bonchev–Trinajstić information content (AvgIpc) is 3.85. The molecule has 4 heterocycles. The van der Waals surface area contributed by atoms with Gasteiger partial charge < -0.3 is 8.83 Å². The van der Waals surface area contributed by atoms with Crippen molar-refractivity contribution in [2.75, 3.05) is 0 Å². The van der Waals surface area contributed by atoms with Gasteiger partial charge in [-0.2, -0.15) is 9.97 Å². The quantitative estimate of drug-likeness (QED) is 0.170. The van der Waals surface area contributed by atoms with E-state index in [1.807, 2.05) is 84.9 Å². The van der Waals surface area contributed by atoms with Crippen molar-refractivity contribution in [3.8, 4) is 67.5 Å². The zero-order valence-corrected chi connectivity index (χ0v) is 29.9. The van der Waals surface area contributed by atoms with E-state index >= 15 is 0 Å². The third kappa shape index (κ3) is 5.19. The molecule has 0 aliphatic rings. The second-order valence-corrected chi connectivity index (χ2v) is 13.7. The summed E-state index contributed by atoms with van der Waals surface area (Å²) in [5.41, 5.74) is 12.1. The number of aromatic nitrogens is 4. The Morgan fingerprint density at radius 2 is 0.607 bits per heavy atom. The largest absolute Gasteiger partial charge is 0.438 e. The van der Waals surface area contributed by atoms with Crippen molar-refractivity contribution < 1.29 is 8.83 Å². The van der Waals surface area contributed by atoms with Crippen molar-refractivity contribution in [2.45, 2.75) is 0 Å². The van der Waals surface area contributed by atoms with Crippen LogP contribution in [0, 0.1) is 0 Å². The maximum atomic E-state index is 6.40. The van der Waals surface area contributed by atoms with Crippen molar-refractivity contribution in [2.24, 2.45) is 0 Å². The molecule has 0 unspecified atom stereocenters. The lowest BCUT2D eigenvalue weighted by atomic mass is 9.89. The van der Waals surface area contributed by atoms with Gasteiger partial charge in [-0.05, 0) is 34.4 Å². The summed E-state index contributed by atoms with van der Waals surface area (Å²) in [7, 11) is 0. The van der Waals surface area contributed by atoms with Crippen LogP contribution in [-0.4, -0.2) is 19.9 Å². The standard InChI is InChI=1S/C50H30N4O2/c1-3-17-31(18-4-1)45-43-39-27-13-15-29-41(39)55-49(43)53-47(51-45)37-25-11-9-23-35(37)33-21-7-8-22-34(33)36-24-10-12-26-38(36)48-52-46(32-19-5-2-6-20-32)44-40-28-14-16-30-42(40)56-50(44)54-48/h1-30H. The topological polar surface area (TPSA) is 77.8 Å². The minimum absolute atomic E-state index is 0.552. The van der Waals surface area contributed by atoms with E-state index < -0.39 is 0 Å². The molecular formula is C50H30N4O2. The van der Waals surface area contributed by atoms with Gasteiger partial charge in [0.25, 0.3) is 0 Å². The van der Waals surface area contributed by atoms with E-state index in [2.05, 4.69) is 97.1 Å². The Bertz CT molecular complexity index is 3040. The molecule has 0 saturated heterocycles. The number of rotatable bonds is 6. The smallest absolute Gasteiger partial charge is 0.231 e. The van der Waals surface area contributed by atoms with Crippen LogP contribution in [0.2, 0.25) is 0 Å². The Balaban J connectivity index is 1.11. The van der Waals surface area contributed by atoms with E-state index in [4.69, 9.17) is 28.8 Å². The van der Waals surface area contributed by atoms with Gasteiger partial charge in [0.2, 0.25) is 11.4 Å². The number of para-hydroxylation sites is 2. The summed E-state index contributed by atoms with van der Waals surface area (Å²) in [6.07, 6.45) is 0. The lowest BCUT2D eigenvalue weighted by molar-refractivity contribution is 0.653. The number of fused-ring (bicyclic) bond motifs is 6. The van der Waals surface area contributed by atoms with Gasteiger partial charge in [-0.1, -0.05) is 170 Å². The second-order valence-electron chi connectivity index (χ2n) is 13.7. The fraction of sp³-hybridized carbons (Fsp3) is 0. The van der Waals surface area contributed by atoms with E-state index in [0.29, 0.717) is 23.1 Å². The lowest BCUT2D eigenvalue weighted by Gasteiger charge is -2.17. The van der Waals surface area contributed by atoms with E-state index in [0.717, 1.165) is 88.6 Å². The summed E-state index contributed by atoms with van der Waals surface area (Å²) in [6, 6.07) is 61.7. The molecule has 7 aromatic carbocycles. The van der Waals surface area contributed by atoms with Crippen LogP contribution < -0.4 is 0 Å². The molecular weight excluding hydrogens is 689 g/mol. The maximum absolute atomic E-state index is 6.40. The van der Waals surface area contributed by atoms with Crippen LogP contribution in [0.15, 0.2) is 191 Å². The molecule has 4 aromatic heterocycles. The van der Waals surface area contributed by atoms with Crippen molar-refractivity contribution in [1.82, 2.24) is 19.9 Å². The number of hydrogen-bond acceptors (Lipinski definition) is 6. The predicted molar refractivity (Wildman–Crippen MR) is 225 cm³/mol. The Morgan fingerprint density at radius 1 is 0.286 bits per heavy atom. The molecule has 11 aromatic rings. The highest BCUT2D eigenvalue weighted by Crippen LogP contribution is 2.43. The van der Waals surface area contributed by atoms with Gasteiger partial charge in [-0.25, -0.2) is 9.97 Å². The minimum Gasteiger partial charge on any atom is -0.438 e. The molecule has 56 heavy (non-hydrogen) atoms. The lowest BCUT2D eigenvalue weighted by Crippen LogP contribution is -1.98. The highest BCUT2D eigenvalue weighted by Gasteiger charge is 2.23. The summed E-state index contributed by atoms with van der Waals surface area (Å²) >= 11 is 0. The van der Waals surface area contributed by atoms with Crippen LogP contribution in [-0.2, 0) is 0 Å². The van der Waals surface area contributed by atoms with E-state index in [1.165, 1.54) is 0 Å². The molecule has 0 N–H and O–H groups in total. The molecule has 6 heteroatoms. The summed E-state index contributed by atoms with van der Waals surface area (Å²) in [5, 5.41) is 3.78. The molecule has 6 nitrogen and oxygen atoms in total. The third-order valence-corrected chi connectivity index (χ3v) is 10.4. The van der Waals surface area contributed by atoms with Gasteiger partial charge in [0.15, 0.2) is 11.6 Å². The first kappa shape index (κ1) is 31.8. The normalized spacial score (nSPS) is 11.6. The molecule has 0 aliphatic carbocycles. The monoisotopic (exact) mass is 718 g/mol. The second kappa shape index (κ2) is 13.0. The summed E-state index contributed by atoms with van der Waals surface area (Å²) in [4.78, 5) is 20.8.